The van der Waals surface area contributed by atoms with E-state index >= 15 is 0 Å². The van der Waals surface area contributed by atoms with Crippen LogP contribution in [0.4, 0.5) is 23.0 Å². The highest BCUT2D eigenvalue weighted by atomic mass is 16.6. The third-order valence-corrected chi connectivity index (χ3v) is 3.94. The summed E-state index contributed by atoms with van der Waals surface area (Å²) in [5, 5.41) is 17.5. The van der Waals surface area contributed by atoms with E-state index in [1.54, 1.807) is 31.2 Å². The van der Waals surface area contributed by atoms with E-state index in [2.05, 4.69) is 20.6 Å². The number of benzene rings is 2. The third kappa shape index (κ3) is 5.04. The van der Waals surface area contributed by atoms with Crippen LogP contribution in [0.3, 0.4) is 0 Å². The molecular weight excluding hydrogens is 374 g/mol. The van der Waals surface area contributed by atoms with Crippen LogP contribution >= 0.6 is 0 Å². The standard InChI is InChI=1S/C20H19N5O4/c1-2-29-20(26)15-9-6-10-16(11-15)24-19-17(25(27)28)18(22-13-23-19)21-12-14-7-4-3-5-8-14/h3-11,13H,2,12H2,1H3,(H2,21,22,23,24). The predicted molar refractivity (Wildman–Crippen MR) is 108 cm³/mol. The van der Waals surface area contributed by atoms with Crippen LogP contribution < -0.4 is 10.6 Å². The Hall–Kier alpha value is -4.01. The summed E-state index contributed by atoms with van der Waals surface area (Å²) in [6, 6.07) is 15.9. The highest BCUT2D eigenvalue weighted by molar-refractivity contribution is 5.91. The second-order valence-electron chi connectivity index (χ2n) is 5.94. The summed E-state index contributed by atoms with van der Waals surface area (Å²) >= 11 is 0. The average Bonchev–Trinajstić information content (AvgIpc) is 2.73. The number of anilines is 3. The van der Waals surface area contributed by atoms with E-state index in [-0.39, 0.29) is 23.9 Å². The Kier molecular flexibility index (Phi) is 6.31. The van der Waals surface area contributed by atoms with E-state index in [1.165, 1.54) is 6.33 Å². The number of nitro groups is 1. The molecule has 0 saturated carbocycles. The second kappa shape index (κ2) is 9.27. The molecule has 9 nitrogen and oxygen atoms in total. The zero-order chi connectivity index (χ0) is 20.6. The maximum Gasteiger partial charge on any atom is 0.353 e. The van der Waals surface area contributed by atoms with E-state index in [1.807, 2.05) is 30.3 Å². The van der Waals surface area contributed by atoms with Gasteiger partial charge in [-0.05, 0) is 30.7 Å². The molecule has 9 heteroatoms. The zero-order valence-electron chi connectivity index (χ0n) is 15.7. The Morgan fingerprint density at radius 3 is 2.59 bits per heavy atom. The van der Waals surface area contributed by atoms with E-state index < -0.39 is 10.9 Å². The van der Waals surface area contributed by atoms with Crippen molar-refractivity contribution in [1.29, 1.82) is 0 Å². The molecule has 1 aromatic heterocycles. The van der Waals surface area contributed by atoms with Gasteiger partial charge in [-0.25, -0.2) is 14.8 Å². The molecule has 0 saturated heterocycles. The number of rotatable bonds is 8. The average molecular weight is 393 g/mol. The van der Waals surface area contributed by atoms with Crippen LogP contribution in [-0.2, 0) is 11.3 Å². The minimum absolute atomic E-state index is 0.0153. The number of carbonyl (C=O) groups is 1. The van der Waals surface area contributed by atoms with Gasteiger partial charge in [-0.3, -0.25) is 10.1 Å². The van der Waals surface area contributed by atoms with Crippen molar-refractivity contribution in [3.63, 3.8) is 0 Å². The lowest BCUT2D eigenvalue weighted by Crippen LogP contribution is -2.09. The Labute approximate surface area is 166 Å². The number of carbonyl (C=O) groups excluding carboxylic acids is 1. The van der Waals surface area contributed by atoms with Gasteiger partial charge in [-0.15, -0.1) is 0 Å². The summed E-state index contributed by atoms with van der Waals surface area (Å²) in [5.74, 6) is -0.363. The largest absolute Gasteiger partial charge is 0.462 e. The molecule has 1 heterocycles. The van der Waals surface area contributed by atoms with Crippen molar-refractivity contribution >= 4 is 29.0 Å². The highest BCUT2D eigenvalue weighted by Gasteiger charge is 2.23. The number of hydrogen-bond acceptors (Lipinski definition) is 8. The summed E-state index contributed by atoms with van der Waals surface area (Å²) in [6.07, 6.45) is 1.23. The summed E-state index contributed by atoms with van der Waals surface area (Å²) in [5.41, 5.74) is 1.46. The molecule has 0 aliphatic carbocycles. The van der Waals surface area contributed by atoms with Gasteiger partial charge in [0.1, 0.15) is 6.33 Å². The van der Waals surface area contributed by atoms with E-state index in [9.17, 15) is 14.9 Å². The van der Waals surface area contributed by atoms with E-state index in [4.69, 9.17) is 4.74 Å². The van der Waals surface area contributed by atoms with Gasteiger partial charge < -0.3 is 15.4 Å². The number of ether oxygens (including phenoxy) is 1. The molecule has 2 N–H and O–H groups in total. The van der Waals surface area contributed by atoms with Gasteiger partial charge in [-0.2, -0.15) is 0 Å². The fraction of sp³-hybridized carbons (Fsp3) is 0.150. The lowest BCUT2D eigenvalue weighted by Gasteiger charge is -2.11. The van der Waals surface area contributed by atoms with Crippen molar-refractivity contribution in [2.45, 2.75) is 13.5 Å². The van der Waals surface area contributed by atoms with E-state index in [0.29, 0.717) is 17.8 Å². The fourth-order valence-electron chi connectivity index (χ4n) is 2.63. The van der Waals surface area contributed by atoms with Crippen LogP contribution in [0, 0.1) is 10.1 Å². The van der Waals surface area contributed by atoms with Crippen LogP contribution in [0.5, 0.6) is 0 Å². The first-order valence-electron chi connectivity index (χ1n) is 8.90. The van der Waals surface area contributed by atoms with Crippen molar-refractivity contribution in [3.8, 4) is 0 Å². The maximum atomic E-state index is 11.9. The molecule has 0 aliphatic heterocycles. The van der Waals surface area contributed by atoms with Crippen molar-refractivity contribution < 1.29 is 14.5 Å². The van der Waals surface area contributed by atoms with Crippen molar-refractivity contribution in [1.82, 2.24) is 9.97 Å². The van der Waals surface area contributed by atoms with Gasteiger partial charge in [0.05, 0.1) is 17.1 Å². The molecule has 0 bridgehead atoms. The number of nitrogens with one attached hydrogen (secondary N) is 2. The zero-order valence-corrected chi connectivity index (χ0v) is 15.7. The van der Waals surface area contributed by atoms with Crippen molar-refractivity contribution in [2.24, 2.45) is 0 Å². The van der Waals surface area contributed by atoms with Gasteiger partial charge >= 0.3 is 11.7 Å². The van der Waals surface area contributed by atoms with Gasteiger partial charge in [0.15, 0.2) is 0 Å². The van der Waals surface area contributed by atoms with Crippen molar-refractivity contribution in [3.05, 3.63) is 82.2 Å². The SMILES string of the molecule is CCOC(=O)c1cccc(Nc2ncnc(NCc3ccccc3)c2[N+](=O)[O-])c1. The molecule has 0 aliphatic rings. The minimum atomic E-state index is -0.551. The number of esters is 1. The Morgan fingerprint density at radius 1 is 1.10 bits per heavy atom. The Balaban J connectivity index is 1.85. The number of hydrogen-bond donors (Lipinski definition) is 2. The first-order valence-corrected chi connectivity index (χ1v) is 8.90. The second-order valence-corrected chi connectivity index (χ2v) is 5.94. The molecule has 0 amide bonds. The van der Waals surface area contributed by atoms with Gasteiger partial charge in [0.2, 0.25) is 11.6 Å². The molecule has 148 valence electrons. The molecule has 0 spiro atoms. The Bertz CT molecular complexity index is 1010. The summed E-state index contributed by atoms with van der Waals surface area (Å²) in [4.78, 5) is 31.0. The van der Waals surface area contributed by atoms with Gasteiger partial charge in [0.25, 0.3) is 0 Å². The normalized spacial score (nSPS) is 10.2. The highest BCUT2D eigenvalue weighted by Crippen LogP contribution is 2.31. The monoisotopic (exact) mass is 393 g/mol. The quantitative estimate of drug-likeness (QED) is 0.336. The topological polar surface area (TPSA) is 119 Å². The molecule has 2 aromatic carbocycles. The first kappa shape index (κ1) is 19.7. The fourth-order valence-corrected chi connectivity index (χ4v) is 2.63. The molecule has 0 fully saturated rings. The summed E-state index contributed by atoms with van der Waals surface area (Å²) in [7, 11) is 0. The molecule has 0 atom stereocenters. The summed E-state index contributed by atoms with van der Waals surface area (Å²) in [6.45, 7) is 2.34. The minimum Gasteiger partial charge on any atom is -0.462 e. The number of aromatic nitrogens is 2. The van der Waals surface area contributed by atoms with Crippen LogP contribution in [0.1, 0.15) is 22.8 Å². The van der Waals surface area contributed by atoms with Crippen LogP contribution in [0.15, 0.2) is 60.9 Å². The molecule has 3 aromatic rings. The van der Waals surface area contributed by atoms with Gasteiger partial charge in [-0.1, -0.05) is 36.4 Å². The maximum absolute atomic E-state index is 11.9. The Morgan fingerprint density at radius 2 is 1.86 bits per heavy atom. The summed E-state index contributed by atoms with van der Waals surface area (Å²) < 4.78 is 4.98. The predicted octanol–water partition coefficient (Wildman–Crippen LogP) is 3.92. The lowest BCUT2D eigenvalue weighted by atomic mass is 10.2. The first-order chi connectivity index (χ1) is 14.1. The lowest BCUT2D eigenvalue weighted by molar-refractivity contribution is -0.383. The molecular formula is C20H19N5O4. The van der Waals surface area contributed by atoms with Crippen LogP contribution in [0.25, 0.3) is 0 Å². The van der Waals surface area contributed by atoms with E-state index in [0.717, 1.165) is 5.56 Å². The van der Waals surface area contributed by atoms with Crippen molar-refractivity contribution in [2.75, 3.05) is 17.2 Å². The van der Waals surface area contributed by atoms with Gasteiger partial charge in [0, 0.05) is 12.2 Å². The molecule has 3 rings (SSSR count). The molecule has 0 unspecified atom stereocenters. The third-order valence-electron chi connectivity index (χ3n) is 3.94. The smallest absolute Gasteiger partial charge is 0.353 e. The molecule has 0 radical (unpaired) electrons. The van der Waals surface area contributed by atoms with Crippen LogP contribution in [0.2, 0.25) is 0 Å². The van der Waals surface area contributed by atoms with Crippen LogP contribution in [-0.4, -0.2) is 27.5 Å². The molecule has 29 heavy (non-hydrogen) atoms. The number of nitrogens with zero attached hydrogens (tertiary/aromatic N) is 3.